The number of aliphatic carboxylic acids is 1. The predicted octanol–water partition coefficient (Wildman–Crippen LogP) is 4.89. The van der Waals surface area contributed by atoms with Crippen molar-refractivity contribution in [2.24, 2.45) is 5.92 Å². The van der Waals surface area contributed by atoms with E-state index < -0.39 is 5.97 Å². The van der Waals surface area contributed by atoms with Crippen LogP contribution >= 0.6 is 23.2 Å². The van der Waals surface area contributed by atoms with Gasteiger partial charge in [-0.1, -0.05) is 41.4 Å². The third-order valence-corrected chi connectivity index (χ3v) is 5.40. The maximum Gasteiger partial charge on any atom is 0.307 e. The summed E-state index contributed by atoms with van der Waals surface area (Å²) >= 11 is 12.6. The normalized spacial score (nSPS) is 19.1. The summed E-state index contributed by atoms with van der Waals surface area (Å²) in [7, 11) is 1.63. The molecule has 26 heavy (non-hydrogen) atoms. The maximum absolute atomic E-state index is 11.5. The number of rotatable bonds is 5. The number of benzene rings is 2. The maximum atomic E-state index is 11.5. The molecule has 1 heterocycles. The molecule has 0 aromatic heterocycles. The molecule has 3 rings (SSSR count). The van der Waals surface area contributed by atoms with Gasteiger partial charge in [0.05, 0.1) is 19.1 Å². The molecule has 1 N–H and O–H groups in total. The molecule has 0 bridgehead atoms. The Balaban J connectivity index is 2.05. The number of carboxylic acid groups (broad SMARTS) is 1. The second kappa shape index (κ2) is 8.30. The van der Waals surface area contributed by atoms with E-state index in [9.17, 15) is 9.90 Å². The first kappa shape index (κ1) is 19.0. The first-order valence-corrected chi connectivity index (χ1v) is 9.31. The molecule has 0 spiro atoms. The first-order valence-electron chi connectivity index (χ1n) is 8.55. The largest absolute Gasteiger partial charge is 0.497 e. The van der Waals surface area contributed by atoms with Crippen molar-refractivity contribution in [1.82, 2.24) is 4.90 Å². The van der Waals surface area contributed by atoms with Crippen LogP contribution in [0.2, 0.25) is 10.0 Å². The lowest BCUT2D eigenvalue weighted by Crippen LogP contribution is -2.41. The Labute approximate surface area is 163 Å². The summed E-state index contributed by atoms with van der Waals surface area (Å²) in [6.07, 6.45) is 1.54. The van der Waals surface area contributed by atoms with Gasteiger partial charge in [0.1, 0.15) is 5.75 Å². The SMILES string of the molecule is COc1cccc(C(c2ccc(Cl)cc2Cl)N2CCCC(C(=O)O)C2)c1. The lowest BCUT2D eigenvalue weighted by Gasteiger charge is -2.38. The van der Waals surface area contributed by atoms with Crippen LogP contribution < -0.4 is 4.74 Å². The van der Waals surface area contributed by atoms with Crippen LogP contribution in [0.1, 0.15) is 30.0 Å². The summed E-state index contributed by atoms with van der Waals surface area (Å²) in [5, 5.41) is 10.6. The molecule has 2 unspecified atom stereocenters. The average molecular weight is 394 g/mol. The smallest absolute Gasteiger partial charge is 0.307 e. The van der Waals surface area contributed by atoms with Crippen LogP contribution in [-0.2, 0) is 4.79 Å². The van der Waals surface area contributed by atoms with E-state index in [0.29, 0.717) is 23.0 Å². The zero-order valence-electron chi connectivity index (χ0n) is 14.5. The zero-order valence-corrected chi connectivity index (χ0v) is 16.0. The van der Waals surface area contributed by atoms with Crippen molar-refractivity contribution in [3.8, 4) is 5.75 Å². The standard InChI is InChI=1S/C20H21Cl2NO3/c1-26-16-6-2-4-13(10-16)19(17-8-7-15(21)11-18(17)22)23-9-3-5-14(12-23)20(24)25/h2,4,6-8,10-11,14,19H,3,5,9,12H2,1H3,(H,24,25). The Morgan fingerprint density at radius 2 is 2.08 bits per heavy atom. The summed E-state index contributed by atoms with van der Waals surface area (Å²) in [5.74, 6) is -0.367. The zero-order chi connectivity index (χ0) is 18.7. The Morgan fingerprint density at radius 1 is 1.27 bits per heavy atom. The van der Waals surface area contributed by atoms with E-state index in [0.717, 1.165) is 29.8 Å². The van der Waals surface area contributed by atoms with Crippen molar-refractivity contribution >= 4 is 29.2 Å². The molecular weight excluding hydrogens is 373 g/mol. The topological polar surface area (TPSA) is 49.8 Å². The van der Waals surface area contributed by atoms with Crippen molar-refractivity contribution in [2.75, 3.05) is 20.2 Å². The number of hydrogen-bond donors (Lipinski definition) is 1. The predicted molar refractivity (Wildman–Crippen MR) is 103 cm³/mol. The average Bonchev–Trinajstić information content (AvgIpc) is 2.64. The van der Waals surface area contributed by atoms with Gasteiger partial charge in [0.15, 0.2) is 0 Å². The highest BCUT2D eigenvalue weighted by Gasteiger charge is 2.32. The molecule has 2 aromatic rings. The summed E-state index contributed by atoms with van der Waals surface area (Å²) in [4.78, 5) is 13.7. The molecule has 4 nitrogen and oxygen atoms in total. The van der Waals surface area contributed by atoms with Crippen molar-refractivity contribution in [3.63, 3.8) is 0 Å². The second-order valence-electron chi connectivity index (χ2n) is 6.52. The minimum atomic E-state index is -0.749. The summed E-state index contributed by atoms with van der Waals surface area (Å²) in [6, 6.07) is 13.1. The lowest BCUT2D eigenvalue weighted by molar-refractivity contribution is -0.143. The van der Waals surface area contributed by atoms with E-state index in [1.54, 1.807) is 13.2 Å². The van der Waals surface area contributed by atoms with E-state index in [-0.39, 0.29) is 12.0 Å². The Kier molecular flexibility index (Phi) is 6.07. The molecule has 2 atom stereocenters. The van der Waals surface area contributed by atoms with E-state index in [1.807, 2.05) is 36.4 Å². The number of carbonyl (C=O) groups is 1. The third-order valence-electron chi connectivity index (χ3n) is 4.83. The Bertz CT molecular complexity index is 796. The highest BCUT2D eigenvalue weighted by atomic mass is 35.5. The number of hydrogen-bond acceptors (Lipinski definition) is 3. The quantitative estimate of drug-likeness (QED) is 0.785. The van der Waals surface area contributed by atoms with E-state index >= 15 is 0 Å². The molecule has 0 aliphatic carbocycles. The van der Waals surface area contributed by atoms with Crippen LogP contribution in [0.25, 0.3) is 0 Å². The molecule has 1 aliphatic heterocycles. The Hall–Kier alpha value is -1.75. The van der Waals surface area contributed by atoms with Crippen LogP contribution in [0.15, 0.2) is 42.5 Å². The third kappa shape index (κ3) is 4.14. The van der Waals surface area contributed by atoms with E-state index in [1.165, 1.54) is 0 Å². The molecule has 1 aliphatic rings. The fourth-order valence-corrected chi connectivity index (χ4v) is 4.08. The minimum absolute atomic E-state index is 0.156. The fourth-order valence-electron chi connectivity index (χ4n) is 3.56. The van der Waals surface area contributed by atoms with Crippen molar-refractivity contribution < 1.29 is 14.6 Å². The van der Waals surface area contributed by atoms with Gasteiger partial charge in [-0.05, 0) is 54.8 Å². The van der Waals surface area contributed by atoms with Gasteiger partial charge in [0.2, 0.25) is 0 Å². The molecule has 0 saturated carbocycles. The van der Waals surface area contributed by atoms with Gasteiger partial charge in [-0.25, -0.2) is 0 Å². The van der Waals surface area contributed by atoms with Crippen LogP contribution in [0.4, 0.5) is 0 Å². The van der Waals surface area contributed by atoms with Crippen LogP contribution in [-0.4, -0.2) is 36.2 Å². The van der Waals surface area contributed by atoms with Gasteiger partial charge in [0, 0.05) is 16.6 Å². The molecule has 1 fully saturated rings. The van der Waals surface area contributed by atoms with Gasteiger partial charge in [-0.2, -0.15) is 0 Å². The van der Waals surface area contributed by atoms with Gasteiger partial charge < -0.3 is 9.84 Å². The van der Waals surface area contributed by atoms with Crippen molar-refractivity contribution in [3.05, 3.63) is 63.6 Å². The Morgan fingerprint density at radius 3 is 2.77 bits per heavy atom. The minimum Gasteiger partial charge on any atom is -0.497 e. The van der Waals surface area contributed by atoms with Gasteiger partial charge in [-0.15, -0.1) is 0 Å². The van der Waals surface area contributed by atoms with Gasteiger partial charge in [0.25, 0.3) is 0 Å². The number of likely N-dealkylation sites (tertiary alicyclic amines) is 1. The highest BCUT2D eigenvalue weighted by molar-refractivity contribution is 6.35. The number of methoxy groups -OCH3 is 1. The van der Waals surface area contributed by atoms with E-state index in [2.05, 4.69) is 4.90 Å². The number of nitrogens with zero attached hydrogens (tertiary/aromatic N) is 1. The molecule has 0 amide bonds. The number of halogens is 2. The van der Waals surface area contributed by atoms with Crippen LogP contribution in [0.5, 0.6) is 5.75 Å². The number of piperidine rings is 1. The molecular formula is C20H21Cl2NO3. The summed E-state index contributed by atoms with van der Waals surface area (Å²) in [6.45, 7) is 1.29. The van der Waals surface area contributed by atoms with E-state index in [4.69, 9.17) is 27.9 Å². The summed E-state index contributed by atoms with van der Waals surface area (Å²) < 4.78 is 5.37. The van der Waals surface area contributed by atoms with Crippen molar-refractivity contribution in [2.45, 2.75) is 18.9 Å². The monoisotopic (exact) mass is 393 g/mol. The highest BCUT2D eigenvalue weighted by Crippen LogP contribution is 2.38. The second-order valence-corrected chi connectivity index (χ2v) is 7.36. The summed E-state index contributed by atoms with van der Waals surface area (Å²) in [5.41, 5.74) is 1.93. The number of ether oxygens (including phenoxy) is 1. The molecule has 2 aromatic carbocycles. The number of carboxylic acids is 1. The van der Waals surface area contributed by atoms with Gasteiger partial charge >= 0.3 is 5.97 Å². The molecule has 0 radical (unpaired) electrons. The molecule has 1 saturated heterocycles. The van der Waals surface area contributed by atoms with Gasteiger partial charge in [-0.3, -0.25) is 9.69 Å². The van der Waals surface area contributed by atoms with Crippen molar-refractivity contribution in [1.29, 1.82) is 0 Å². The molecule has 6 heteroatoms. The van der Waals surface area contributed by atoms with Crippen LogP contribution in [0.3, 0.4) is 0 Å². The lowest BCUT2D eigenvalue weighted by atomic mass is 9.91. The molecule has 138 valence electrons. The fraction of sp³-hybridized carbons (Fsp3) is 0.350. The first-order chi connectivity index (χ1) is 12.5. The van der Waals surface area contributed by atoms with Crippen LogP contribution in [0, 0.1) is 5.92 Å².